The Hall–Kier alpha value is -3.11. The fourth-order valence-electron chi connectivity index (χ4n) is 2.20. The van der Waals surface area contributed by atoms with Crippen LogP contribution >= 0.6 is 0 Å². The lowest BCUT2D eigenvalue weighted by Crippen LogP contribution is -2.12. The molecule has 24 heavy (non-hydrogen) atoms. The molecule has 3 aromatic rings. The maximum atomic E-state index is 12.2. The van der Waals surface area contributed by atoms with E-state index in [1.54, 1.807) is 30.3 Å². The number of hydrogen-bond acceptors (Lipinski definition) is 6. The standard InChI is InChI=1S/C17H11NO5S/c18-10-12-2-1-3-13(8-12)11-24(20,21)23-15-6-4-14-5-7-17(19)22-16(14)9-15/h1-9H,11H2. The fraction of sp³-hybridized carbons (Fsp3) is 0.0588. The molecule has 1 aromatic heterocycles. The largest absolute Gasteiger partial charge is 0.423 e. The zero-order valence-electron chi connectivity index (χ0n) is 12.3. The summed E-state index contributed by atoms with van der Waals surface area (Å²) in [5.41, 5.74) is 0.522. The first-order chi connectivity index (χ1) is 11.4. The SMILES string of the molecule is N#Cc1cccc(CS(=O)(=O)Oc2ccc3ccc(=O)oc3c2)c1. The van der Waals surface area contributed by atoms with Crippen LogP contribution in [0.15, 0.2) is 63.8 Å². The molecule has 0 saturated carbocycles. The Balaban J connectivity index is 1.86. The Morgan fingerprint density at radius 1 is 1.08 bits per heavy atom. The summed E-state index contributed by atoms with van der Waals surface area (Å²) in [4.78, 5) is 11.2. The van der Waals surface area contributed by atoms with Crippen LogP contribution in [0.4, 0.5) is 0 Å². The van der Waals surface area contributed by atoms with Gasteiger partial charge >= 0.3 is 15.7 Å². The van der Waals surface area contributed by atoms with Crippen molar-refractivity contribution in [2.75, 3.05) is 0 Å². The first-order valence-corrected chi connectivity index (χ1v) is 8.48. The van der Waals surface area contributed by atoms with E-state index in [-0.39, 0.29) is 17.1 Å². The Kier molecular flexibility index (Phi) is 4.06. The Morgan fingerprint density at radius 2 is 1.88 bits per heavy atom. The monoisotopic (exact) mass is 341 g/mol. The van der Waals surface area contributed by atoms with E-state index in [0.29, 0.717) is 16.5 Å². The minimum Gasteiger partial charge on any atom is -0.423 e. The molecule has 0 bridgehead atoms. The van der Waals surface area contributed by atoms with Crippen molar-refractivity contribution >= 4 is 21.1 Å². The van der Waals surface area contributed by atoms with E-state index in [9.17, 15) is 13.2 Å². The molecule has 120 valence electrons. The highest BCUT2D eigenvalue weighted by molar-refractivity contribution is 7.86. The maximum absolute atomic E-state index is 12.2. The Labute approximate surface area is 137 Å². The number of nitrogens with zero attached hydrogens (tertiary/aromatic N) is 1. The number of benzene rings is 2. The van der Waals surface area contributed by atoms with Gasteiger partial charge in [-0.25, -0.2) is 4.79 Å². The number of fused-ring (bicyclic) bond motifs is 1. The first kappa shape index (κ1) is 15.8. The maximum Gasteiger partial charge on any atom is 0.336 e. The van der Waals surface area contributed by atoms with E-state index < -0.39 is 15.7 Å². The van der Waals surface area contributed by atoms with Crippen LogP contribution in [0.25, 0.3) is 11.0 Å². The highest BCUT2D eigenvalue weighted by atomic mass is 32.2. The molecule has 0 amide bonds. The predicted octanol–water partition coefficient (Wildman–Crippen LogP) is 2.57. The van der Waals surface area contributed by atoms with Crippen LogP contribution in [0.5, 0.6) is 5.75 Å². The van der Waals surface area contributed by atoms with Gasteiger partial charge in [0.1, 0.15) is 17.1 Å². The van der Waals surface area contributed by atoms with Gasteiger partial charge in [0.15, 0.2) is 0 Å². The normalized spacial score (nSPS) is 11.1. The van der Waals surface area contributed by atoms with E-state index in [1.807, 2.05) is 6.07 Å². The molecule has 0 spiro atoms. The van der Waals surface area contributed by atoms with Gasteiger partial charge in [-0.2, -0.15) is 13.7 Å². The second-order valence-electron chi connectivity index (χ2n) is 5.05. The third-order valence-electron chi connectivity index (χ3n) is 3.22. The summed E-state index contributed by atoms with van der Waals surface area (Å²) in [6.07, 6.45) is 0. The fourth-order valence-corrected chi connectivity index (χ4v) is 3.25. The van der Waals surface area contributed by atoms with Gasteiger partial charge in [0.05, 0.1) is 11.6 Å². The van der Waals surface area contributed by atoms with Crippen molar-refractivity contribution in [1.82, 2.24) is 0 Å². The molecule has 0 saturated heterocycles. The Bertz CT molecular complexity index is 1110. The molecule has 0 aliphatic rings. The summed E-state index contributed by atoms with van der Waals surface area (Å²) in [6.45, 7) is 0. The molecular formula is C17H11NO5S. The lowest BCUT2D eigenvalue weighted by atomic mass is 10.2. The summed E-state index contributed by atoms with van der Waals surface area (Å²) in [6, 6.07) is 15.5. The highest BCUT2D eigenvalue weighted by Crippen LogP contribution is 2.22. The lowest BCUT2D eigenvalue weighted by Gasteiger charge is -2.08. The molecule has 0 aliphatic carbocycles. The molecule has 0 N–H and O–H groups in total. The molecule has 0 atom stereocenters. The van der Waals surface area contributed by atoms with E-state index in [0.717, 1.165) is 0 Å². The average Bonchev–Trinajstić information content (AvgIpc) is 2.53. The number of hydrogen-bond donors (Lipinski definition) is 0. The van der Waals surface area contributed by atoms with Crippen molar-refractivity contribution in [2.45, 2.75) is 5.75 Å². The minimum absolute atomic E-state index is 0.0493. The summed E-state index contributed by atoms with van der Waals surface area (Å²) in [7, 11) is -3.92. The molecule has 7 heteroatoms. The third kappa shape index (κ3) is 3.62. The summed E-state index contributed by atoms with van der Waals surface area (Å²) >= 11 is 0. The summed E-state index contributed by atoms with van der Waals surface area (Å²) in [5.74, 6) is -0.326. The minimum atomic E-state index is -3.92. The van der Waals surface area contributed by atoms with Crippen LogP contribution in [0.1, 0.15) is 11.1 Å². The van der Waals surface area contributed by atoms with Gasteiger partial charge in [0.25, 0.3) is 0 Å². The van der Waals surface area contributed by atoms with E-state index in [1.165, 1.54) is 24.3 Å². The van der Waals surface area contributed by atoms with Crippen LogP contribution in [0, 0.1) is 11.3 Å². The van der Waals surface area contributed by atoms with Crippen molar-refractivity contribution in [3.8, 4) is 11.8 Å². The highest BCUT2D eigenvalue weighted by Gasteiger charge is 2.15. The van der Waals surface area contributed by atoms with Gasteiger partial charge < -0.3 is 8.60 Å². The quantitative estimate of drug-likeness (QED) is 0.534. The second kappa shape index (κ2) is 6.18. The molecule has 6 nitrogen and oxygen atoms in total. The van der Waals surface area contributed by atoms with E-state index >= 15 is 0 Å². The van der Waals surface area contributed by atoms with Crippen molar-refractivity contribution in [3.05, 3.63) is 76.1 Å². The molecule has 2 aromatic carbocycles. The van der Waals surface area contributed by atoms with Crippen LogP contribution in [-0.2, 0) is 15.9 Å². The smallest absolute Gasteiger partial charge is 0.336 e. The zero-order valence-corrected chi connectivity index (χ0v) is 13.1. The zero-order chi connectivity index (χ0) is 17.2. The average molecular weight is 341 g/mol. The van der Waals surface area contributed by atoms with Crippen molar-refractivity contribution < 1.29 is 17.0 Å². The lowest BCUT2D eigenvalue weighted by molar-refractivity contribution is 0.484. The van der Waals surface area contributed by atoms with Gasteiger partial charge in [-0.05, 0) is 35.9 Å². The van der Waals surface area contributed by atoms with Gasteiger partial charge in [-0.1, -0.05) is 12.1 Å². The van der Waals surface area contributed by atoms with E-state index in [2.05, 4.69) is 0 Å². The molecule has 3 rings (SSSR count). The van der Waals surface area contributed by atoms with Gasteiger partial charge in [-0.15, -0.1) is 0 Å². The topological polar surface area (TPSA) is 97.4 Å². The van der Waals surface area contributed by atoms with Gasteiger partial charge in [0, 0.05) is 17.5 Å². The molecule has 0 radical (unpaired) electrons. The van der Waals surface area contributed by atoms with Gasteiger partial charge in [-0.3, -0.25) is 0 Å². The van der Waals surface area contributed by atoms with Crippen molar-refractivity contribution in [1.29, 1.82) is 5.26 Å². The molecule has 1 heterocycles. The number of rotatable bonds is 4. The molecule has 0 aliphatic heterocycles. The molecule has 0 unspecified atom stereocenters. The summed E-state index contributed by atoms with van der Waals surface area (Å²) in [5, 5.41) is 9.51. The predicted molar refractivity (Wildman–Crippen MR) is 86.9 cm³/mol. The third-order valence-corrected chi connectivity index (χ3v) is 4.35. The van der Waals surface area contributed by atoms with Crippen LogP contribution in [-0.4, -0.2) is 8.42 Å². The first-order valence-electron chi connectivity index (χ1n) is 6.90. The van der Waals surface area contributed by atoms with Crippen molar-refractivity contribution in [3.63, 3.8) is 0 Å². The molecular weight excluding hydrogens is 330 g/mol. The van der Waals surface area contributed by atoms with Gasteiger partial charge in [0.2, 0.25) is 0 Å². The van der Waals surface area contributed by atoms with Crippen LogP contribution < -0.4 is 9.81 Å². The van der Waals surface area contributed by atoms with Crippen LogP contribution in [0.3, 0.4) is 0 Å². The second-order valence-corrected chi connectivity index (χ2v) is 6.62. The molecule has 0 fully saturated rings. The van der Waals surface area contributed by atoms with E-state index in [4.69, 9.17) is 13.9 Å². The summed E-state index contributed by atoms with van der Waals surface area (Å²) < 4.78 is 34.4. The number of nitriles is 1. The van der Waals surface area contributed by atoms with Crippen LogP contribution in [0.2, 0.25) is 0 Å². The Morgan fingerprint density at radius 3 is 2.67 bits per heavy atom. The van der Waals surface area contributed by atoms with Crippen molar-refractivity contribution in [2.24, 2.45) is 0 Å².